The van der Waals surface area contributed by atoms with Crippen molar-refractivity contribution in [3.8, 4) is 11.1 Å². The van der Waals surface area contributed by atoms with Crippen molar-refractivity contribution in [1.82, 2.24) is 0 Å². The lowest BCUT2D eigenvalue weighted by atomic mass is 9.99. The third-order valence-electron chi connectivity index (χ3n) is 2.51. The van der Waals surface area contributed by atoms with Crippen LogP contribution in [0.1, 0.15) is 5.56 Å². The van der Waals surface area contributed by atoms with Crippen molar-refractivity contribution < 1.29 is 9.50 Å². The number of hydrogen-bond acceptors (Lipinski definition) is 1. The summed E-state index contributed by atoms with van der Waals surface area (Å²) in [5.41, 5.74) is 1.25. The maximum Gasteiger partial charge on any atom is 0.129 e. The van der Waals surface area contributed by atoms with Crippen molar-refractivity contribution in [2.45, 2.75) is 6.61 Å². The topological polar surface area (TPSA) is 20.2 Å². The van der Waals surface area contributed by atoms with E-state index in [2.05, 4.69) is 0 Å². The standard InChI is InChI=1S/C13H9Cl2FO/c14-10-4-2-5-11(15)13(10)8-3-1-6-12(16)9(8)7-17/h1-6,17H,7H2. The van der Waals surface area contributed by atoms with Crippen LogP contribution in [0.25, 0.3) is 11.1 Å². The van der Waals surface area contributed by atoms with E-state index < -0.39 is 12.4 Å². The second-order valence-corrected chi connectivity index (χ2v) is 4.34. The molecule has 0 aliphatic carbocycles. The zero-order valence-corrected chi connectivity index (χ0v) is 10.3. The molecule has 0 saturated carbocycles. The molecule has 88 valence electrons. The minimum atomic E-state index is -0.471. The number of aliphatic hydroxyl groups is 1. The van der Waals surface area contributed by atoms with Gasteiger partial charge in [0.25, 0.3) is 0 Å². The quantitative estimate of drug-likeness (QED) is 0.863. The van der Waals surface area contributed by atoms with E-state index in [1.54, 1.807) is 30.3 Å². The van der Waals surface area contributed by atoms with Gasteiger partial charge in [0.2, 0.25) is 0 Å². The Balaban J connectivity index is 2.73. The normalized spacial score (nSPS) is 10.6. The Morgan fingerprint density at radius 1 is 1.00 bits per heavy atom. The van der Waals surface area contributed by atoms with Gasteiger partial charge in [-0.1, -0.05) is 41.4 Å². The van der Waals surface area contributed by atoms with Crippen LogP contribution >= 0.6 is 23.2 Å². The van der Waals surface area contributed by atoms with Gasteiger partial charge in [-0.15, -0.1) is 0 Å². The molecule has 0 fully saturated rings. The molecular formula is C13H9Cl2FO. The predicted octanol–water partition coefficient (Wildman–Crippen LogP) is 4.29. The molecule has 1 nitrogen and oxygen atoms in total. The molecule has 0 spiro atoms. The third-order valence-corrected chi connectivity index (χ3v) is 3.14. The molecule has 2 aromatic carbocycles. The number of rotatable bonds is 2. The molecule has 0 amide bonds. The predicted molar refractivity (Wildman–Crippen MR) is 67.8 cm³/mol. The molecule has 1 N–H and O–H groups in total. The van der Waals surface area contributed by atoms with Gasteiger partial charge < -0.3 is 5.11 Å². The fourth-order valence-corrected chi connectivity index (χ4v) is 2.31. The fraction of sp³-hybridized carbons (Fsp3) is 0.0769. The Kier molecular flexibility index (Phi) is 3.67. The summed E-state index contributed by atoms with van der Waals surface area (Å²) < 4.78 is 13.6. The van der Waals surface area contributed by atoms with Crippen molar-refractivity contribution in [3.05, 3.63) is 57.8 Å². The van der Waals surface area contributed by atoms with Gasteiger partial charge in [-0.2, -0.15) is 0 Å². The number of benzene rings is 2. The van der Waals surface area contributed by atoms with E-state index >= 15 is 0 Å². The summed E-state index contributed by atoms with van der Waals surface area (Å²) in [7, 11) is 0. The first-order valence-electron chi connectivity index (χ1n) is 4.97. The van der Waals surface area contributed by atoms with Crippen LogP contribution in [0, 0.1) is 5.82 Å². The average Bonchev–Trinajstić information content (AvgIpc) is 2.29. The molecule has 2 rings (SSSR count). The molecular weight excluding hydrogens is 262 g/mol. The van der Waals surface area contributed by atoms with Crippen LogP contribution in [-0.4, -0.2) is 5.11 Å². The molecule has 4 heteroatoms. The van der Waals surface area contributed by atoms with Gasteiger partial charge in [0.05, 0.1) is 6.61 Å². The lowest BCUT2D eigenvalue weighted by Crippen LogP contribution is -1.95. The van der Waals surface area contributed by atoms with E-state index in [9.17, 15) is 9.50 Å². The SMILES string of the molecule is OCc1c(F)cccc1-c1c(Cl)cccc1Cl. The largest absolute Gasteiger partial charge is 0.392 e. The molecule has 0 aliphatic heterocycles. The first kappa shape index (κ1) is 12.4. The smallest absolute Gasteiger partial charge is 0.129 e. The molecule has 0 aliphatic rings. The molecule has 0 aromatic heterocycles. The molecule has 0 bridgehead atoms. The highest BCUT2D eigenvalue weighted by Gasteiger charge is 2.14. The van der Waals surface area contributed by atoms with E-state index in [4.69, 9.17) is 23.2 Å². The highest BCUT2D eigenvalue weighted by molar-refractivity contribution is 6.39. The van der Waals surface area contributed by atoms with Crippen LogP contribution < -0.4 is 0 Å². The minimum Gasteiger partial charge on any atom is -0.392 e. The summed E-state index contributed by atoms with van der Waals surface area (Å²) in [6, 6.07) is 9.60. The highest BCUT2D eigenvalue weighted by atomic mass is 35.5. The van der Waals surface area contributed by atoms with Gasteiger partial charge in [0, 0.05) is 21.2 Å². The van der Waals surface area contributed by atoms with Crippen LogP contribution in [0.5, 0.6) is 0 Å². The second-order valence-electron chi connectivity index (χ2n) is 3.52. The number of hydrogen-bond donors (Lipinski definition) is 1. The maximum atomic E-state index is 13.6. The van der Waals surface area contributed by atoms with E-state index in [1.807, 2.05) is 0 Å². The molecule has 2 aromatic rings. The monoisotopic (exact) mass is 270 g/mol. The van der Waals surface area contributed by atoms with Crippen LogP contribution in [0.4, 0.5) is 4.39 Å². The Morgan fingerprint density at radius 2 is 1.59 bits per heavy atom. The van der Waals surface area contributed by atoms with E-state index in [1.165, 1.54) is 6.07 Å². The van der Waals surface area contributed by atoms with Crippen LogP contribution in [0.2, 0.25) is 10.0 Å². The van der Waals surface area contributed by atoms with Crippen LogP contribution in [0.3, 0.4) is 0 Å². The van der Waals surface area contributed by atoms with E-state index in [-0.39, 0.29) is 5.56 Å². The molecule has 17 heavy (non-hydrogen) atoms. The van der Waals surface area contributed by atoms with E-state index in [0.717, 1.165) is 0 Å². The van der Waals surface area contributed by atoms with Gasteiger partial charge in [-0.05, 0) is 23.8 Å². The third kappa shape index (κ3) is 2.29. The van der Waals surface area contributed by atoms with Crippen molar-refractivity contribution in [2.75, 3.05) is 0 Å². The molecule has 0 unspecified atom stereocenters. The summed E-state index contributed by atoms with van der Waals surface area (Å²) in [4.78, 5) is 0. The molecule has 0 atom stereocenters. The second kappa shape index (κ2) is 5.05. The van der Waals surface area contributed by atoms with Crippen LogP contribution in [-0.2, 0) is 6.61 Å². The van der Waals surface area contributed by atoms with Gasteiger partial charge >= 0.3 is 0 Å². The molecule has 0 radical (unpaired) electrons. The summed E-state index contributed by atoms with van der Waals surface area (Å²) in [5, 5.41) is 10.1. The highest BCUT2D eigenvalue weighted by Crippen LogP contribution is 2.37. The molecule has 0 saturated heterocycles. The van der Waals surface area contributed by atoms with Gasteiger partial charge in [-0.25, -0.2) is 4.39 Å². The Hall–Kier alpha value is -1.09. The zero-order valence-electron chi connectivity index (χ0n) is 8.75. The van der Waals surface area contributed by atoms with E-state index in [0.29, 0.717) is 21.2 Å². The summed E-state index contributed by atoms with van der Waals surface area (Å²) >= 11 is 12.1. The fourth-order valence-electron chi connectivity index (χ4n) is 1.71. The minimum absolute atomic E-state index is 0.197. The number of aliphatic hydroxyl groups excluding tert-OH is 1. The lowest BCUT2D eigenvalue weighted by Gasteiger charge is -2.11. The van der Waals surface area contributed by atoms with Crippen molar-refractivity contribution >= 4 is 23.2 Å². The van der Waals surface area contributed by atoms with Crippen molar-refractivity contribution in [2.24, 2.45) is 0 Å². The number of halogens is 3. The Morgan fingerprint density at radius 3 is 2.18 bits per heavy atom. The maximum absolute atomic E-state index is 13.6. The summed E-state index contributed by atoms with van der Waals surface area (Å²) in [6.45, 7) is -0.399. The molecule has 0 heterocycles. The summed E-state index contributed by atoms with van der Waals surface area (Å²) in [5.74, 6) is -0.471. The van der Waals surface area contributed by atoms with Gasteiger partial charge in [0.15, 0.2) is 0 Å². The van der Waals surface area contributed by atoms with Crippen molar-refractivity contribution in [3.63, 3.8) is 0 Å². The zero-order chi connectivity index (χ0) is 12.4. The lowest BCUT2D eigenvalue weighted by molar-refractivity contribution is 0.276. The Bertz CT molecular complexity index is 535. The Labute approximate surface area is 108 Å². The van der Waals surface area contributed by atoms with Gasteiger partial charge in [0.1, 0.15) is 5.82 Å². The van der Waals surface area contributed by atoms with Gasteiger partial charge in [-0.3, -0.25) is 0 Å². The first-order chi connectivity index (χ1) is 8.15. The van der Waals surface area contributed by atoms with Crippen molar-refractivity contribution in [1.29, 1.82) is 0 Å². The summed E-state index contributed by atoms with van der Waals surface area (Å²) in [6.07, 6.45) is 0. The van der Waals surface area contributed by atoms with Crippen LogP contribution in [0.15, 0.2) is 36.4 Å². The average molecular weight is 271 g/mol. The first-order valence-corrected chi connectivity index (χ1v) is 5.73.